The Balaban J connectivity index is 1.83. The van der Waals surface area contributed by atoms with Crippen molar-refractivity contribution < 1.29 is 19.8 Å². The second-order valence-electron chi connectivity index (χ2n) is 6.28. The summed E-state index contributed by atoms with van der Waals surface area (Å²) in [6.45, 7) is 0. The van der Waals surface area contributed by atoms with E-state index in [1.54, 1.807) is 0 Å². The molecule has 22 heavy (non-hydrogen) atoms. The summed E-state index contributed by atoms with van der Waals surface area (Å²) in [6.07, 6.45) is 2.80. The molecule has 2 bridgehead atoms. The van der Waals surface area contributed by atoms with Crippen molar-refractivity contribution in [3.63, 3.8) is 0 Å². The predicted molar refractivity (Wildman–Crippen MR) is 81.5 cm³/mol. The van der Waals surface area contributed by atoms with E-state index in [-0.39, 0.29) is 21.4 Å². The topological polar surface area (TPSA) is 86.6 Å². The molecular formula is C15H15Cl2NO4. The molecule has 2 aliphatic carbocycles. The lowest BCUT2D eigenvalue weighted by molar-refractivity contribution is -0.148. The van der Waals surface area contributed by atoms with Crippen LogP contribution in [-0.4, -0.2) is 27.6 Å². The Morgan fingerprint density at radius 3 is 2.32 bits per heavy atom. The first-order valence-electron chi connectivity index (χ1n) is 7.01. The third-order valence-corrected chi connectivity index (χ3v) is 5.45. The average Bonchev–Trinajstić information content (AvgIpc) is 2.99. The Morgan fingerprint density at radius 1 is 1.14 bits per heavy atom. The fourth-order valence-electron chi connectivity index (χ4n) is 3.71. The SMILES string of the molecule is O=C(NC12CCC(C(=O)O)(CC1)C2)c1cc(Cl)cc(Cl)c1O. The minimum Gasteiger partial charge on any atom is -0.506 e. The maximum atomic E-state index is 12.4. The van der Waals surface area contributed by atoms with E-state index in [0.29, 0.717) is 32.1 Å². The second kappa shape index (κ2) is 5.03. The van der Waals surface area contributed by atoms with Gasteiger partial charge in [-0.05, 0) is 44.2 Å². The number of hydrogen-bond acceptors (Lipinski definition) is 3. The molecule has 0 aromatic heterocycles. The molecule has 0 saturated heterocycles. The number of nitrogens with one attached hydrogen (secondary N) is 1. The van der Waals surface area contributed by atoms with Crippen LogP contribution in [0.25, 0.3) is 0 Å². The normalized spacial score (nSPS) is 29.5. The van der Waals surface area contributed by atoms with Crippen molar-refractivity contribution >= 4 is 35.1 Å². The Kier molecular flexibility index (Phi) is 3.53. The van der Waals surface area contributed by atoms with E-state index < -0.39 is 22.8 Å². The molecule has 1 aromatic rings. The number of aromatic hydroxyl groups is 1. The molecule has 0 spiro atoms. The Hall–Kier alpha value is -1.46. The Bertz CT molecular complexity index is 666. The summed E-state index contributed by atoms with van der Waals surface area (Å²) >= 11 is 11.7. The summed E-state index contributed by atoms with van der Waals surface area (Å²) in [5, 5.41) is 22.5. The van der Waals surface area contributed by atoms with Crippen molar-refractivity contribution in [2.24, 2.45) is 5.41 Å². The second-order valence-corrected chi connectivity index (χ2v) is 7.12. The lowest BCUT2D eigenvalue weighted by Gasteiger charge is -2.28. The van der Waals surface area contributed by atoms with E-state index in [1.807, 2.05) is 0 Å². The van der Waals surface area contributed by atoms with Gasteiger partial charge in [0, 0.05) is 10.6 Å². The summed E-state index contributed by atoms with van der Waals surface area (Å²) in [4.78, 5) is 23.9. The van der Waals surface area contributed by atoms with Crippen LogP contribution < -0.4 is 5.32 Å². The molecule has 2 saturated carbocycles. The van der Waals surface area contributed by atoms with Crippen LogP contribution in [0.2, 0.25) is 10.0 Å². The van der Waals surface area contributed by atoms with Crippen molar-refractivity contribution in [1.29, 1.82) is 0 Å². The summed E-state index contributed by atoms with van der Waals surface area (Å²) in [7, 11) is 0. The zero-order valence-electron chi connectivity index (χ0n) is 11.7. The van der Waals surface area contributed by atoms with E-state index in [2.05, 4.69) is 5.32 Å². The molecule has 0 heterocycles. The maximum absolute atomic E-state index is 12.4. The number of halogens is 2. The Morgan fingerprint density at radius 2 is 1.77 bits per heavy atom. The molecule has 3 rings (SSSR count). The number of rotatable bonds is 3. The number of phenolic OH excluding ortho intramolecular Hbond substituents is 1. The van der Waals surface area contributed by atoms with Gasteiger partial charge < -0.3 is 15.5 Å². The zero-order chi connectivity index (χ0) is 16.1. The fraction of sp³-hybridized carbons (Fsp3) is 0.467. The van der Waals surface area contributed by atoms with Gasteiger partial charge >= 0.3 is 5.97 Å². The molecule has 7 heteroatoms. The van der Waals surface area contributed by atoms with Crippen molar-refractivity contribution in [2.75, 3.05) is 0 Å². The molecule has 0 atom stereocenters. The summed E-state index contributed by atoms with van der Waals surface area (Å²) in [6, 6.07) is 2.71. The minimum atomic E-state index is -0.797. The predicted octanol–water partition coefficient (Wildman–Crippen LogP) is 3.22. The lowest BCUT2D eigenvalue weighted by atomic mass is 9.84. The highest BCUT2D eigenvalue weighted by molar-refractivity contribution is 6.36. The first kappa shape index (κ1) is 15.4. The minimum absolute atomic E-state index is 0.00611. The van der Waals surface area contributed by atoms with Crippen molar-refractivity contribution in [3.05, 3.63) is 27.7 Å². The molecule has 1 aromatic carbocycles. The van der Waals surface area contributed by atoms with Gasteiger partial charge in [0.25, 0.3) is 5.91 Å². The van der Waals surface area contributed by atoms with Gasteiger partial charge in [-0.3, -0.25) is 9.59 Å². The van der Waals surface area contributed by atoms with Gasteiger partial charge in [0.1, 0.15) is 5.75 Å². The van der Waals surface area contributed by atoms with Crippen LogP contribution in [0.3, 0.4) is 0 Å². The highest BCUT2D eigenvalue weighted by atomic mass is 35.5. The smallest absolute Gasteiger partial charge is 0.309 e. The average molecular weight is 344 g/mol. The molecule has 118 valence electrons. The molecule has 3 N–H and O–H groups in total. The van der Waals surface area contributed by atoms with Crippen LogP contribution in [0.15, 0.2) is 12.1 Å². The van der Waals surface area contributed by atoms with E-state index in [9.17, 15) is 19.8 Å². The van der Waals surface area contributed by atoms with E-state index in [4.69, 9.17) is 23.2 Å². The van der Waals surface area contributed by atoms with Crippen molar-refractivity contribution in [2.45, 2.75) is 37.6 Å². The van der Waals surface area contributed by atoms with Crippen molar-refractivity contribution in [3.8, 4) is 5.75 Å². The van der Waals surface area contributed by atoms with Crippen molar-refractivity contribution in [1.82, 2.24) is 5.32 Å². The maximum Gasteiger partial charge on any atom is 0.309 e. The van der Waals surface area contributed by atoms with Crippen LogP contribution in [0, 0.1) is 5.41 Å². The quantitative estimate of drug-likeness (QED) is 0.786. The molecule has 0 aliphatic heterocycles. The first-order valence-corrected chi connectivity index (χ1v) is 7.77. The number of fused-ring (bicyclic) bond motifs is 2. The highest BCUT2D eigenvalue weighted by Crippen LogP contribution is 2.56. The van der Waals surface area contributed by atoms with Crippen LogP contribution in [0.1, 0.15) is 42.5 Å². The molecule has 5 nitrogen and oxygen atoms in total. The number of carbonyl (C=O) groups is 2. The van der Waals surface area contributed by atoms with Gasteiger partial charge in [-0.15, -0.1) is 0 Å². The first-order chi connectivity index (χ1) is 10.3. The van der Waals surface area contributed by atoms with Gasteiger partial charge in [-0.2, -0.15) is 0 Å². The lowest BCUT2D eigenvalue weighted by Crippen LogP contribution is -2.45. The monoisotopic (exact) mass is 343 g/mol. The zero-order valence-corrected chi connectivity index (χ0v) is 13.2. The largest absolute Gasteiger partial charge is 0.506 e. The van der Waals surface area contributed by atoms with Gasteiger partial charge in [0.05, 0.1) is 16.0 Å². The summed E-state index contributed by atoms with van der Waals surface area (Å²) in [5.74, 6) is -1.60. The van der Waals surface area contributed by atoms with Gasteiger partial charge in [0.15, 0.2) is 0 Å². The number of benzene rings is 1. The molecule has 2 fully saturated rings. The third-order valence-electron chi connectivity index (χ3n) is 4.95. The molecule has 0 unspecified atom stereocenters. The number of amides is 1. The number of aliphatic carboxylic acids is 1. The van der Waals surface area contributed by atoms with Crippen LogP contribution in [0.5, 0.6) is 5.75 Å². The molecule has 1 amide bonds. The van der Waals surface area contributed by atoms with E-state index in [1.165, 1.54) is 12.1 Å². The highest BCUT2D eigenvalue weighted by Gasteiger charge is 2.58. The third kappa shape index (κ3) is 2.32. The van der Waals surface area contributed by atoms with Crippen LogP contribution in [0.4, 0.5) is 0 Å². The van der Waals surface area contributed by atoms with Gasteiger partial charge in [0.2, 0.25) is 0 Å². The van der Waals surface area contributed by atoms with E-state index in [0.717, 1.165) is 0 Å². The Labute approximate surface area is 137 Å². The van der Waals surface area contributed by atoms with Gasteiger partial charge in [-0.25, -0.2) is 0 Å². The molecular weight excluding hydrogens is 329 g/mol. The standard InChI is InChI=1S/C15H15Cl2NO4/c16-8-5-9(11(19)10(17)6-8)12(20)18-15-3-1-14(7-15,2-4-15)13(21)22/h5-6,19H,1-4,7H2,(H,18,20)(H,21,22). The number of carboxylic acid groups (broad SMARTS) is 1. The van der Waals surface area contributed by atoms with Crippen LogP contribution in [-0.2, 0) is 4.79 Å². The van der Waals surface area contributed by atoms with Gasteiger partial charge in [-0.1, -0.05) is 23.2 Å². The number of hydrogen-bond donors (Lipinski definition) is 3. The number of phenols is 1. The van der Waals surface area contributed by atoms with E-state index >= 15 is 0 Å². The number of carboxylic acids is 1. The summed E-state index contributed by atoms with van der Waals surface area (Å²) < 4.78 is 0. The van der Waals surface area contributed by atoms with Crippen LogP contribution >= 0.6 is 23.2 Å². The summed E-state index contributed by atoms with van der Waals surface area (Å²) in [5.41, 5.74) is -1.23. The number of carbonyl (C=O) groups excluding carboxylic acids is 1. The molecule has 2 aliphatic rings. The molecule has 0 radical (unpaired) electrons. The fourth-order valence-corrected chi connectivity index (χ4v) is 4.21.